The second kappa shape index (κ2) is 6.74. The number of halogens is 1. The largest absolute Gasteiger partial charge is 0.594 e. The summed E-state index contributed by atoms with van der Waals surface area (Å²) in [5.41, 5.74) is 2.58. The predicted octanol–water partition coefficient (Wildman–Crippen LogP) is 4.43. The Bertz CT molecular complexity index is 529. The van der Waals surface area contributed by atoms with Crippen LogP contribution in [-0.4, -0.2) is 18.6 Å². The molecule has 1 atom stereocenters. The van der Waals surface area contributed by atoms with E-state index in [2.05, 4.69) is 10.2 Å². The molecule has 2 aromatic rings. The van der Waals surface area contributed by atoms with Gasteiger partial charge in [0.05, 0.1) is 11.4 Å². The molecule has 0 aliphatic rings. The standard InChI is InChI=1S/C14H14ClN3OS/c1-18(2)13-7-3-11(4-8-13)16-17-12-5-9-14(10-6-12)20(15)19/h3-10H,1-2H3/b17-16+. The van der Waals surface area contributed by atoms with Crippen molar-refractivity contribution < 1.29 is 4.55 Å². The molecule has 0 amide bonds. The fourth-order valence-corrected chi connectivity index (χ4v) is 2.21. The van der Waals surface area contributed by atoms with Gasteiger partial charge in [-0.2, -0.15) is 10.2 Å². The highest BCUT2D eigenvalue weighted by Gasteiger charge is 2.06. The number of hydrogen-bond acceptors (Lipinski definition) is 4. The Morgan fingerprint density at radius 1 is 0.900 bits per heavy atom. The van der Waals surface area contributed by atoms with Crippen LogP contribution in [0.25, 0.3) is 0 Å². The predicted molar refractivity (Wildman–Crippen MR) is 83.6 cm³/mol. The molecule has 0 radical (unpaired) electrons. The van der Waals surface area contributed by atoms with Crippen molar-refractivity contribution in [3.8, 4) is 0 Å². The van der Waals surface area contributed by atoms with Gasteiger partial charge in [0.25, 0.3) is 0 Å². The molecule has 4 nitrogen and oxygen atoms in total. The molecule has 0 saturated carbocycles. The van der Waals surface area contributed by atoms with Crippen LogP contribution in [0.15, 0.2) is 63.7 Å². The zero-order valence-corrected chi connectivity index (χ0v) is 12.7. The minimum absolute atomic E-state index is 0.556. The zero-order chi connectivity index (χ0) is 14.5. The average Bonchev–Trinajstić information content (AvgIpc) is 2.46. The number of hydrogen-bond donors (Lipinski definition) is 0. The van der Waals surface area contributed by atoms with Gasteiger partial charge in [-0.1, -0.05) is 0 Å². The van der Waals surface area contributed by atoms with Crippen LogP contribution >= 0.6 is 10.7 Å². The van der Waals surface area contributed by atoms with Crippen molar-refractivity contribution in [2.24, 2.45) is 10.2 Å². The van der Waals surface area contributed by atoms with Crippen molar-refractivity contribution in [1.29, 1.82) is 0 Å². The fourth-order valence-electron chi connectivity index (χ4n) is 1.55. The van der Waals surface area contributed by atoms with E-state index in [4.69, 9.17) is 10.7 Å². The fraction of sp³-hybridized carbons (Fsp3) is 0.143. The van der Waals surface area contributed by atoms with Crippen molar-refractivity contribution >= 4 is 38.1 Å². The van der Waals surface area contributed by atoms with Gasteiger partial charge >= 0.3 is 0 Å². The Morgan fingerprint density at radius 2 is 1.35 bits per heavy atom. The normalized spacial score (nSPS) is 12.6. The van der Waals surface area contributed by atoms with Gasteiger partial charge in [-0.25, -0.2) is 0 Å². The second-order valence-corrected chi connectivity index (χ2v) is 6.09. The molecule has 0 bridgehead atoms. The third kappa shape index (κ3) is 3.96. The molecule has 104 valence electrons. The molecule has 0 aliphatic heterocycles. The Hall–Kier alpha value is -1.56. The molecule has 0 spiro atoms. The quantitative estimate of drug-likeness (QED) is 0.620. The maximum atomic E-state index is 11.0. The van der Waals surface area contributed by atoms with Gasteiger partial charge in [0.15, 0.2) is 15.6 Å². The van der Waals surface area contributed by atoms with Gasteiger partial charge in [-0.15, -0.1) is 0 Å². The molecule has 0 aliphatic carbocycles. The zero-order valence-electron chi connectivity index (χ0n) is 11.2. The van der Waals surface area contributed by atoms with Crippen LogP contribution in [0.3, 0.4) is 0 Å². The molecule has 0 saturated heterocycles. The van der Waals surface area contributed by atoms with E-state index in [1.807, 2.05) is 43.3 Å². The van der Waals surface area contributed by atoms with Gasteiger partial charge in [0.1, 0.15) is 10.4 Å². The highest BCUT2D eigenvalue weighted by Crippen LogP contribution is 2.23. The van der Waals surface area contributed by atoms with Crippen molar-refractivity contribution in [1.82, 2.24) is 0 Å². The SMILES string of the molecule is CN(C)c1ccc(/N=N/c2ccc([S+]([O-])Cl)cc2)cc1. The van der Waals surface area contributed by atoms with Gasteiger partial charge in [-0.3, -0.25) is 0 Å². The summed E-state index contributed by atoms with van der Waals surface area (Å²) in [5.74, 6) is 0. The maximum Gasteiger partial charge on any atom is 0.181 e. The van der Waals surface area contributed by atoms with E-state index in [0.717, 1.165) is 11.4 Å². The summed E-state index contributed by atoms with van der Waals surface area (Å²) < 4.78 is 11.0. The molecule has 1 unspecified atom stereocenters. The second-order valence-electron chi connectivity index (χ2n) is 4.33. The molecule has 2 aromatic carbocycles. The van der Waals surface area contributed by atoms with E-state index < -0.39 is 10.4 Å². The van der Waals surface area contributed by atoms with Crippen LogP contribution in [0, 0.1) is 0 Å². The number of azo groups is 1. The number of nitrogens with zero attached hydrogens (tertiary/aromatic N) is 3. The van der Waals surface area contributed by atoms with Crippen molar-refractivity contribution in [2.45, 2.75) is 4.90 Å². The van der Waals surface area contributed by atoms with Crippen LogP contribution in [-0.2, 0) is 10.4 Å². The first-order valence-corrected chi connectivity index (χ1v) is 7.91. The van der Waals surface area contributed by atoms with Crippen LogP contribution in [0.2, 0.25) is 0 Å². The summed E-state index contributed by atoms with van der Waals surface area (Å²) in [6.45, 7) is 0. The first-order chi connectivity index (χ1) is 9.56. The first-order valence-electron chi connectivity index (χ1n) is 5.93. The van der Waals surface area contributed by atoms with Crippen LogP contribution in [0.4, 0.5) is 17.1 Å². The Morgan fingerprint density at radius 3 is 1.75 bits per heavy atom. The Kier molecular flexibility index (Phi) is 5.00. The molecular formula is C14H14ClN3OS. The van der Waals surface area contributed by atoms with Crippen LogP contribution < -0.4 is 4.90 Å². The monoisotopic (exact) mass is 307 g/mol. The first kappa shape index (κ1) is 14.8. The summed E-state index contributed by atoms with van der Waals surface area (Å²) in [6.07, 6.45) is 0. The third-order valence-corrected chi connectivity index (χ3v) is 3.85. The van der Waals surface area contributed by atoms with E-state index in [9.17, 15) is 4.55 Å². The Labute approximate surface area is 125 Å². The average molecular weight is 308 g/mol. The summed E-state index contributed by atoms with van der Waals surface area (Å²) in [6, 6.07) is 14.6. The smallest absolute Gasteiger partial charge is 0.181 e. The van der Waals surface area contributed by atoms with E-state index >= 15 is 0 Å². The maximum absolute atomic E-state index is 11.0. The topological polar surface area (TPSA) is 51.0 Å². The minimum Gasteiger partial charge on any atom is -0.594 e. The summed E-state index contributed by atoms with van der Waals surface area (Å²) in [4.78, 5) is 2.58. The number of rotatable bonds is 4. The summed E-state index contributed by atoms with van der Waals surface area (Å²) in [5, 5.41) is 8.27. The highest BCUT2D eigenvalue weighted by atomic mass is 35.7. The highest BCUT2D eigenvalue weighted by molar-refractivity contribution is 8.13. The molecule has 0 N–H and O–H groups in total. The lowest BCUT2D eigenvalue weighted by Crippen LogP contribution is -2.07. The lowest BCUT2D eigenvalue weighted by molar-refractivity contribution is 0.608. The molecule has 0 aromatic heterocycles. The molecule has 2 rings (SSSR count). The van der Waals surface area contributed by atoms with Gasteiger partial charge in [0, 0.05) is 19.8 Å². The lowest BCUT2D eigenvalue weighted by Gasteiger charge is -2.11. The van der Waals surface area contributed by atoms with Crippen molar-refractivity contribution in [3.63, 3.8) is 0 Å². The molecule has 6 heteroatoms. The molecule has 0 heterocycles. The molecule has 0 fully saturated rings. The molecule has 20 heavy (non-hydrogen) atoms. The van der Waals surface area contributed by atoms with E-state index in [0.29, 0.717) is 10.6 Å². The minimum atomic E-state index is -1.49. The number of benzene rings is 2. The van der Waals surface area contributed by atoms with Gasteiger partial charge in [-0.05, 0) is 48.5 Å². The van der Waals surface area contributed by atoms with E-state index in [1.165, 1.54) is 0 Å². The van der Waals surface area contributed by atoms with Crippen LogP contribution in [0.5, 0.6) is 0 Å². The Balaban J connectivity index is 2.08. The van der Waals surface area contributed by atoms with Crippen LogP contribution in [0.1, 0.15) is 0 Å². The third-order valence-electron chi connectivity index (χ3n) is 2.67. The van der Waals surface area contributed by atoms with Gasteiger partial charge in [0.2, 0.25) is 0 Å². The summed E-state index contributed by atoms with van der Waals surface area (Å²) in [7, 11) is 7.96. The molecular weight excluding hydrogens is 294 g/mol. The van der Waals surface area contributed by atoms with E-state index in [1.54, 1.807) is 24.3 Å². The van der Waals surface area contributed by atoms with Crippen molar-refractivity contribution in [2.75, 3.05) is 19.0 Å². The van der Waals surface area contributed by atoms with Gasteiger partial charge < -0.3 is 9.45 Å². The number of anilines is 1. The van der Waals surface area contributed by atoms with E-state index in [-0.39, 0.29) is 0 Å². The van der Waals surface area contributed by atoms with Crippen molar-refractivity contribution in [3.05, 3.63) is 48.5 Å². The lowest BCUT2D eigenvalue weighted by atomic mass is 10.3. The summed E-state index contributed by atoms with van der Waals surface area (Å²) >= 11 is 0.